The number of rotatable bonds is 5. The highest BCUT2D eigenvalue weighted by Gasteiger charge is 2.25. The van der Waals surface area contributed by atoms with Crippen LogP contribution in [-0.2, 0) is 0 Å². The fourth-order valence-electron chi connectivity index (χ4n) is 2.15. The van der Waals surface area contributed by atoms with E-state index in [0.29, 0.717) is 17.4 Å². The maximum absolute atomic E-state index is 12.3. The zero-order valence-corrected chi connectivity index (χ0v) is 14.2. The minimum absolute atomic E-state index is 0.0766. The first-order valence-electron chi connectivity index (χ1n) is 7.15. The number of nitro groups is 1. The summed E-state index contributed by atoms with van der Waals surface area (Å²) in [7, 11) is 0. The lowest BCUT2D eigenvalue weighted by molar-refractivity contribution is -0.384. The van der Waals surface area contributed by atoms with Gasteiger partial charge in [-0.25, -0.2) is 0 Å². The zero-order valence-electron chi connectivity index (χ0n) is 12.1. The number of carbonyl (C=O) groups is 1. The van der Waals surface area contributed by atoms with Crippen molar-refractivity contribution in [3.8, 4) is 0 Å². The van der Waals surface area contributed by atoms with Crippen LogP contribution in [0.2, 0.25) is 0 Å². The Morgan fingerprint density at radius 2 is 1.91 bits per heavy atom. The fraction of sp³-hybridized carbons (Fsp3) is 0.188. The van der Waals surface area contributed by atoms with E-state index >= 15 is 0 Å². The summed E-state index contributed by atoms with van der Waals surface area (Å²) >= 11 is 2.12. The number of nitro benzene ring substituents is 1. The predicted molar refractivity (Wildman–Crippen MR) is 96.9 cm³/mol. The van der Waals surface area contributed by atoms with Crippen LogP contribution in [0.4, 0.5) is 17.1 Å². The molecule has 0 bridgehead atoms. The van der Waals surface area contributed by atoms with E-state index in [9.17, 15) is 14.9 Å². The SMILES string of the molecule is O=C(Nc1ccccc1I)c1ccc(NC2CC2)c([N+](=O)[O-])c1. The fourth-order valence-corrected chi connectivity index (χ4v) is 2.67. The van der Waals surface area contributed by atoms with Crippen molar-refractivity contribution in [1.82, 2.24) is 0 Å². The molecule has 1 amide bonds. The smallest absolute Gasteiger partial charge is 0.293 e. The molecule has 1 saturated carbocycles. The molecule has 0 heterocycles. The van der Waals surface area contributed by atoms with Gasteiger partial charge in [-0.15, -0.1) is 0 Å². The first kappa shape index (κ1) is 15.7. The van der Waals surface area contributed by atoms with Crippen LogP contribution in [0.3, 0.4) is 0 Å². The average Bonchev–Trinajstić information content (AvgIpc) is 3.33. The maximum Gasteiger partial charge on any atom is 0.293 e. The highest BCUT2D eigenvalue weighted by molar-refractivity contribution is 14.1. The van der Waals surface area contributed by atoms with Crippen LogP contribution in [0.1, 0.15) is 23.2 Å². The van der Waals surface area contributed by atoms with Gasteiger partial charge in [0.05, 0.1) is 10.6 Å². The number of nitrogens with one attached hydrogen (secondary N) is 2. The Morgan fingerprint density at radius 1 is 1.17 bits per heavy atom. The van der Waals surface area contributed by atoms with Crippen molar-refractivity contribution in [3.63, 3.8) is 0 Å². The molecular weight excluding hydrogens is 409 g/mol. The van der Waals surface area contributed by atoms with Gasteiger partial charge < -0.3 is 10.6 Å². The second-order valence-electron chi connectivity index (χ2n) is 5.34. The first-order valence-corrected chi connectivity index (χ1v) is 8.23. The second-order valence-corrected chi connectivity index (χ2v) is 6.50. The summed E-state index contributed by atoms with van der Waals surface area (Å²) in [5.74, 6) is -0.366. The van der Waals surface area contributed by atoms with Crippen molar-refractivity contribution in [2.45, 2.75) is 18.9 Å². The van der Waals surface area contributed by atoms with Crippen molar-refractivity contribution >= 4 is 45.6 Å². The molecule has 2 aromatic rings. The van der Waals surface area contributed by atoms with Gasteiger partial charge in [-0.2, -0.15) is 0 Å². The molecule has 0 aliphatic heterocycles. The molecule has 0 unspecified atom stereocenters. The van der Waals surface area contributed by atoms with Crippen LogP contribution in [0.25, 0.3) is 0 Å². The highest BCUT2D eigenvalue weighted by Crippen LogP contribution is 2.31. The van der Waals surface area contributed by atoms with Crippen LogP contribution in [-0.4, -0.2) is 16.9 Å². The first-order chi connectivity index (χ1) is 11.0. The molecule has 1 aliphatic carbocycles. The van der Waals surface area contributed by atoms with E-state index in [0.717, 1.165) is 16.4 Å². The lowest BCUT2D eigenvalue weighted by atomic mass is 10.1. The van der Waals surface area contributed by atoms with Gasteiger partial charge in [0.25, 0.3) is 11.6 Å². The van der Waals surface area contributed by atoms with Gasteiger partial charge in [0.15, 0.2) is 0 Å². The van der Waals surface area contributed by atoms with Crippen molar-refractivity contribution in [1.29, 1.82) is 0 Å². The molecule has 23 heavy (non-hydrogen) atoms. The van der Waals surface area contributed by atoms with Crippen LogP contribution in [0.5, 0.6) is 0 Å². The van der Waals surface area contributed by atoms with Crippen molar-refractivity contribution in [3.05, 3.63) is 61.7 Å². The molecule has 6 nitrogen and oxygen atoms in total. The van der Waals surface area contributed by atoms with Crippen LogP contribution >= 0.6 is 22.6 Å². The predicted octanol–water partition coefficient (Wildman–Crippen LogP) is 4.03. The van der Waals surface area contributed by atoms with E-state index in [4.69, 9.17) is 0 Å². The third-order valence-corrected chi connectivity index (χ3v) is 4.46. The number of para-hydroxylation sites is 1. The third kappa shape index (κ3) is 3.79. The molecule has 7 heteroatoms. The number of anilines is 2. The molecule has 0 atom stereocenters. The summed E-state index contributed by atoms with van der Waals surface area (Å²) in [6, 6.07) is 12.2. The monoisotopic (exact) mass is 423 g/mol. The van der Waals surface area contributed by atoms with Gasteiger partial charge in [-0.05, 0) is 59.7 Å². The molecule has 2 N–H and O–H groups in total. The molecule has 1 aliphatic rings. The Labute approximate surface area is 146 Å². The van der Waals surface area contributed by atoms with E-state index in [1.54, 1.807) is 18.2 Å². The number of carbonyl (C=O) groups excluding carboxylic acids is 1. The lowest BCUT2D eigenvalue weighted by Crippen LogP contribution is -2.13. The van der Waals surface area contributed by atoms with Gasteiger partial charge in [0.1, 0.15) is 5.69 Å². The zero-order chi connectivity index (χ0) is 16.4. The van der Waals surface area contributed by atoms with Crippen LogP contribution in [0, 0.1) is 13.7 Å². The quantitative estimate of drug-likeness (QED) is 0.432. The van der Waals surface area contributed by atoms with Crippen molar-refractivity contribution < 1.29 is 9.72 Å². The van der Waals surface area contributed by atoms with E-state index in [-0.39, 0.29) is 17.2 Å². The number of nitrogens with zero attached hydrogens (tertiary/aromatic N) is 1. The summed E-state index contributed by atoms with van der Waals surface area (Å²) < 4.78 is 0.903. The molecule has 0 saturated heterocycles. The van der Waals surface area contributed by atoms with E-state index in [1.165, 1.54) is 6.07 Å². The van der Waals surface area contributed by atoms with Crippen LogP contribution < -0.4 is 10.6 Å². The number of halogens is 1. The summed E-state index contributed by atoms with van der Waals surface area (Å²) in [5, 5.41) is 17.1. The summed E-state index contributed by atoms with van der Waals surface area (Å²) in [6.45, 7) is 0. The normalized spacial score (nSPS) is 13.4. The highest BCUT2D eigenvalue weighted by atomic mass is 127. The lowest BCUT2D eigenvalue weighted by Gasteiger charge is -2.09. The molecule has 0 radical (unpaired) electrons. The molecule has 3 rings (SSSR count). The molecule has 1 fully saturated rings. The third-order valence-electron chi connectivity index (χ3n) is 3.52. The van der Waals surface area contributed by atoms with Crippen molar-refractivity contribution in [2.75, 3.05) is 10.6 Å². The topological polar surface area (TPSA) is 84.3 Å². The summed E-state index contributed by atoms with van der Waals surface area (Å²) in [4.78, 5) is 23.1. The Hall–Kier alpha value is -2.16. The average molecular weight is 423 g/mol. The van der Waals surface area contributed by atoms with E-state index < -0.39 is 4.92 Å². The van der Waals surface area contributed by atoms with Gasteiger partial charge >= 0.3 is 0 Å². The van der Waals surface area contributed by atoms with Gasteiger partial charge in [-0.1, -0.05) is 12.1 Å². The van der Waals surface area contributed by atoms with Crippen molar-refractivity contribution in [2.24, 2.45) is 0 Å². The Morgan fingerprint density at radius 3 is 2.57 bits per heavy atom. The minimum atomic E-state index is -0.465. The molecule has 118 valence electrons. The molecule has 0 spiro atoms. The summed E-state index contributed by atoms with van der Waals surface area (Å²) in [6.07, 6.45) is 2.04. The number of amides is 1. The van der Waals surface area contributed by atoms with Gasteiger partial charge in [0.2, 0.25) is 0 Å². The number of hydrogen-bond acceptors (Lipinski definition) is 4. The molecule has 2 aromatic carbocycles. The molecule has 0 aromatic heterocycles. The number of hydrogen-bond donors (Lipinski definition) is 2. The Kier molecular flexibility index (Phi) is 4.46. The van der Waals surface area contributed by atoms with E-state index in [2.05, 4.69) is 33.2 Å². The van der Waals surface area contributed by atoms with Crippen LogP contribution in [0.15, 0.2) is 42.5 Å². The Balaban J connectivity index is 1.84. The standard InChI is InChI=1S/C16H14IN3O3/c17-12-3-1-2-4-13(12)19-16(21)10-5-8-14(18-11-6-7-11)15(9-10)20(22)23/h1-5,8-9,11,18H,6-7H2,(H,19,21). The maximum atomic E-state index is 12.3. The Bertz CT molecular complexity index is 775. The summed E-state index contributed by atoms with van der Waals surface area (Å²) in [5.41, 5.74) is 1.33. The van der Waals surface area contributed by atoms with Gasteiger partial charge in [-0.3, -0.25) is 14.9 Å². The minimum Gasteiger partial charge on any atom is -0.377 e. The second kappa shape index (κ2) is 6.53. The van der Waals surface area contributed by atoms with Gasteiger partial charge in [0, 0.05) is 21.2 Å². The largest absolute Gasteiger partial charge is 0.377 e. The van der Waals surface area contributed by atoms with E-state index in [1.807, 2.05) is 18.2 Å². The molecular formula is C16H14IN3O3. The number of benzene rings is 2.